The third-order valence-corrected chi connectivity index (χ3v) is 7.48. The second-order valence-electron chi connectivity index (χ2n) is 7.40. The number of hydrogen-bond donors (Lipinski definition) is 1. The van der Waals surface area contributed by atoms with Crippen molar-refractivity contribution >= 4 is 44.1 Å². The van der Waals surface area contributed by atoms with Gasteiger partial charge in [-0.15, -0.1) is 0 Å². The lowest BCUT2D eigenvalue weighted by Crippen LogP contribution is -2.43. The summed E-state index contributed by atoms with van der Waals surface area (Å²) in [5.74, 6) is -0.138. The van der Waals surface area contributed by atoms with Crippen molar-refractivity contribution in [2.75, 3.05) is 25.5 Å². The molecular formula is C22H22ClN3O4S. The summed E-state index contributed by atoms with van der Waals surface area (Å²) in [6.07, 6.45) is 2.85. The molecule has 1 aliphatic rings. The van der Waals surface area contributed by atoms with E-state index in [1.807, 2.05) is 6.07 Å². The van der Waals surface area contributed by atoms with Crippen molar-refractivity contribution in [3.8, 4) is 5.75 Å². The van der Waals surface area contributed by atoms with Crippen LogP contribution in [0.5, 0.6) is 5.75 Å². The minimum absolute atomic E-state index is 0.117. The standard InChI is InChI=1S/C22H22ClN3O4S/c1-30-18-6-8-19(9-7-18)31(28,29)26-11-3-5-16(14-26)22(27)25-20-13-17(23)12-15-4-2-10-24-21(15)20/h2,4,6-10,12-13,16H,3,5,11,14H2,1H3,(H,25,27). The first-order valence-electron chi connectivity index (χ1n) is 9.88. The first-order chi connectivity index (χ1) is 14.9. The highest BCUT2D eigenvalue weighted by Crippen LogP contribution is 2.29. The number of nitrogens with zero attached hydrogens (tertiary/aromatic N) is 2. The van der Waals surface area contributed by atoms with Gasteiger partial charge in [0.05, 0.1) is 29.1 Å². The second kappa shape index (κ2) is 8.82. The number of rotatable bonds is 5. The van der Waals surface area contributed by atoms with Gasteiger partial charge in [-0.3, -0.25) is 9.78 Å². The predicted octanol–water partition coefficient (Wildman–Crippen LogP) is 3.94. The van der Waals surface area contributed by atoms with Crippen LogP contribution < -0.4 is 10.1 Å². The summed E-state index contributed by atoms with van der Waals surface area (Å²) in [4.78, 5) is 17.5. The number of carbonyl (C=O) groups is 1. The number of methoxy groups -OCH3 is 1. The summed E-state index contributed by atoms with van der Waals surface area (Å²) < 4.78 is 32.6. The number of piperidine rings is 1. The van der Waals surface area contributed by atoms with E-state index >= 15 is 0 Å². The zero-order valence-corrected chi connectivity index (χ0v) is 18.5. The fraction of sp³-hybridized carbons (Fsp3) is 0.273. The number of halogens is 1. The number of fused-ring (bicyclic) bond motifs is 1. The Morgan fingerprint density at radius 1 is 1.23 bits per heavy atom. The van der Waals surface area contributed by atoms with Crippen LogP contribution in [0.15, 0.2) is 59.6 Å². The lowest BCUT2D eigenvalue weighted by Gasteiger charge is -2.31. The van der Waals surface area contributed by atoms with Crippen LogP contribution in [0.2, 0.25) is 5.02 Å². The molecule has 1 fully saturated rings. The number of nitrogens with one attached hydrogen (secondary N) is 1. The number of sulfonamides is 1. The largest absolute Gasteiger partial charge is 0.497 e. The zero-order chi connectivity index (χ0) is 22.0. The van der Waals surface area contributed by atoms with Crippen LogP contribution in [0, 0.1) is 5.92 Å². The maximum Gasteiger partial charge on any atom is 0.243 e. The van der Waals surface area contributed by atoms with Crippen LogP contribution in [0.1, 0.15) is 12.8 Å². The molecule has 3 aromatic rings. The van der Waals surface area contributed by atoms with E-state index in [9.17, 15) is 13.2 Å². The predicted molar refractivity (Wildman–Crippen MR) is 120 cm³/mol. The number of aromatic nitrogens is 1. The summed E-state index contributed by atoms with van der Waals surface area (Å²) in [6.45, 7) is 0.492. The van der Waals surface area contributed by atoms with Crippen molar-refractivity contribution < 1.29 is 17.9 Å². The van der Waals surface area contributed by atoms with Crippen molar-refractivity contribution in [2.24, 2.45) is 5.92 Å². The van der Waals surface area contributed by atoms with E-state index in [2.05, 4.69) is 10.3 Å². The topological polar surface area (TPSA) is 88.6 Å². The SMILES string of the molecule is COc1ccc(S(=O)(=O)N2CCCC(C(=O)Nc3cc(Cl)cc4cccnc34)C2)cc1. The molecule has 1 amide bonds. The van der Waals surface area contributed by atoms with Crippen LogP contribution in [-0.4, -0.2) is 43.8 Å². The van der Waals surface area contributed by atoms with Crippen LogP contribution >= 0.6 is 11.6 Å². The van der Waals surface area contributed by atoms with E-state index in [1.54, 1.807) is 36.5 Å². The molecule has 162 valence electrons. The smallest absolute Gasteiger partial charge is 0.243 e. The Hall–Kier alpha value is -2.68. The van der Waals surface area contributed by atoms with Crippen LogP contribution in [0.4, 0.5) is 5.69 Å². The van der Waals surface area contributed by atoms with Gasteiger partial charge in [-0.1, -0.05) is 17.7 Å². The molecule has 0 spiro atoms. The number of hydrogen-bond acceptors (Lipinski definition) is 5. The Bertz CT molecular complexity index is 1220. The van der Waals surface area contributed by atoms with E-state index in [-0.39, 0.29) is 17.3 Å². The van der Waals surface area contributed by atoms with Gasteiger partial charge >= 0.3 is 0 Å². The third-order valence-electron chi connectivity index (χ3n) is 5.38. The Morgan fingerprint density at radius 2 is 2.00 bits per heavy atom. The fourth-order valence-electron chi connectivity index (χ4n) is 3.76. The number of carbonyl (C=O) groups excluding carboxylic acids is 1. The molecule has 2 aromatic carbocycles. The van der Waals surface area contributed by atoms with Gasteiger partial charge in [0.1, 0.15) is 5.75 Å². The number of pyridine rings is 1. The molecule has 31 heavy (non-hydrogen) atoms. The average molecular weight is 460 g/mol. The zero-order valence-electron chi connectivity index (χ0n) is 16.9. The maximum atomic E-state index is 13.1. The van der Waals surface area contributed by atoms with Crippen molar-refractivity contribution in [3.05, 3.63) is 59.8 Å². The normalized spacial score (nSPS) is 17.4. The molecule has 0 saturated carbocycles. The Labute approximate surface area is 186 Å². The highest BCUT2D eigenvalue weighted by Gasteiger charge is 2.33. The quantitative estimate of drug-likeness (QED) is 0.624. The Morgan fingerprint density at radius 3 is 2.74 bits per heavy atom. The summed E-state index contributed by atoms with van der Waals surface area (Å²) in [7, 11) is -2.18. The van der Waals surface area contributed by atoms with Crippen molar-refractivity contribution in [2.45, 2.75) is 17.7 Å². The van der Waals surface area contributed by atoms with Gasteiger partial charge in [0.25, 0.3) is 0 Å². The van der Waals surface area contributed by atoms with Crippen LogP contribution in [0.25, 0.3) is 10.9 Å². The molecule has 1 aromatic heterocycles. The van der Waals surface area contributed by atoms with Crippen LogP contribution in [0.3, 0.4) is 0 Å². The number of benzene rings is 2. The summed E-state index contributed by atoms with van der Waals surface area (Å²) >= 11 is 6.19. The highest BCUT2D eigenvalue weighted by atomic mass is 35.5. The molecule has 1 N–H and O–H groups in total. The van der Waals surface area contributed by atoms with Crippen molar-refractivity contribution in [1.29, 1.82) is 0 Å². The number of ether oxygens (including phenoxy) is 1. The lowest BCUT2D eigenvalue weighted by atomic mass is 9.98. The van der Waals surface area contributed by atoms with Gasteiger partial charge < -0.3 is 10.1 Å². The molecular weight excluding hydrogens is 438 g/mol. The molecule has 1 aliphatic heterocycles. The summed E-state index contributed by atoms with van der Waals surface area (Å²) in [5.41, 5.74) is 1.15. The number of amides is 1. The molecule has 1 unspecified atom stereocenters. The highest BCUT2D eigenvalue weighted by molar-refractivity contribution is 7.89. The average Bonchev–Trinajstić information content (AvgIpc) is 2.79. The second-order valence-corrected chi connectivity index (χ2v) is 9.77. The van der Waals surface area contributed by atoms with Gasteiger partial charge in [0.2, 0.25) is 15.9 Å². The fourth-order valence-corrected chi connectivity index (χ4v) is 5.51. The van der Waals surface area contributed by atoms with E-state index in [1.165, 1.54) is 23.5 Å². The first kappa shape index (κ1) is 21.5. The van der Waals surface area contributed by atoms with Gasteiger partial charge in [0.15, 0.2) is 0 Å². The molecule has 0 aliphatic carbocycles. The first-order valence-corrected chi connectivity index (χ1v) is 11.7. The molecule has 1 atom stereocenters. The maximum absolute atomic E-state index is 13.1. The molecule has 7 nitrogen and oxygen atoms in total. The van der Waals surface area contributed by atoms with Gasteiger partial charge in [-0.2, -0.15) is 4.31 Å². The minimum Gasteiger partial charge on any atom is -0.497 e. The van der Waals surface area contributed by atoms with E-state index in [0.717, 1.165) is 5.39 Å². The summed E-state index contributed by atoms with van der Waals surface area (Å²) in [5, 5.41) is 4.20. The molecule has 1 saturated heterocycles. The molecule has 9 heteroatoms. The van der Waals surface area contributed by atoms with Gasteiger partial charge in [-0.25, -0.2) is 8.42 Å². The van der Waals surface area contributed by atoms with Gasteiger partial charge in [-0.05, 0) is 55.3 Å². The molecule has 4 rings (SSSR count). The Balaban J connectivity index is 1.53. The third kappa shape index (κ3) is 4.51. The Kier molecular flexibility index (Phi) is 6.13. The van der Waals surface area contributed by atoms with E-state index < -0.39 is 15.9 Å². The molecule has 0 bridgehead atoms. The lowest BCUT2D eigenvalue weighted by molar-refractivity contribution is -0.120. The van der Waals surface area contributed by atoms with Gasteiger partial charge in [0, 0.05) is 29.7 Å². The minimum atomic E-state index is -3.70. The van der Waals surface area contributed by atoms with Crippen molar-refractivity contribution in [3.63, 3.8) is 0 Å². The summed E-state index contributed by atoms with van der Waals surface area (Å²) in [6, 6.07) is 13.4. The van der Waals surface area contributed by atoms with Crippen LogP contribution in [-0.2, 0) is 14.8 Å². The monoisotopic (exact) mass is 459 g/mol. The van der Waals surface area contributed by atoms with Crippen molar-refractivity contribution in [1.82, 2.24) is 9.29 Å². The van der Waals surface area contributed by atoms with E-state index in [0.29, 0.717) is 41.4 Å². The molecule has 2 heterocycles. The molecule has 0 radical (unpaired) electrons. The van der Waals surface area contributed by atoms with E-state index in [4.69, 9.17) is 16.3 Å². The number of anilines is 1.